The summed E-state index contributed by atoms with van der Waals surface area (Å²) < 4.78 is 0. The van der Waals surface area contributed by atoms with Crippen molar-refractivity contribution in [2.24, 2.45) is 0 Å². The van der Waals surface area contributed by atoms with Crippen molar-refractivity contribution in [3.05, 3.63) is 27.4 Å². The van der Waals surface area contributed by atoms with Crippen LogP contribution in [0.25, 0.3) is 0 Å². The van der Waals surface area contributed by atoms with Gasteiger partial charge in [-0.1, -0.05) is 6.42 Å². The molecule has 1 aromatic heterocycles. The maximum Gasteiger partial charge on any atom is 0.254 e. The molecule has 4 nitrogen and oxygen atoms in total. The molecule has 94 valence electrons. The highest BCUT2D eigenvalue weighted by atomic mass is 16.1. The Morgan fingerprint density at radius 1 is 1.35 bits per heavy atom. The van der Waals surface area contributed by atoms with E-state index in [0.29, 0.717) is 6.04 Å². The van der Waals surface area contributed by atoms with E-state index in [9.17, 15) is 4.79 Å². The predicted octanol–water partition coefficient (Wildman–Crippen LogP) is 1.19. The van der Waals surface area contributed by atoms with Gasteiger partial charge in [0, 0.05) is 18.0 Å². The number of aryl methyl sites for hydroxylation is 1. The van der Waals surface area contributed by atoms with Crippen molar-refractivity contribution in [3.8, 4) is 0 Å². The average Bonchev–Trinajstić information content (AvgIpc) is 2.54. The number of rotatable bonds is 3. The Balaban J connectivity index is 2.29. The molecule has 0 fully saturated rings. The normalized spacial score (nSPS) is 17.3. The summed E-state index contributed by atoms with van der Waals surface area (Å²) in [5, 5.41) is 3.16. The number of likely N-dealkylation sites (N-methyl/N-ethyl adjacent to an activating group) is 1. The van der Waals surface area contributed by atoms with Crippen LogP contribution in [0, 0.1) is 0 Å². The molecule has 1 aromatic rings. The minimum atomic E-state index is 0.0789. The Bertz CT molecular complexity index is 439. The Morgan fingerprint density at radius 2 is 2.12 bits per heavy atom. The number of nitrogens with one attached hydrogen (secondary N) is 2. The molecule has 1 unspecified atom stereocenters. The van der Waals surface area contributed by atoms with Crippen LogP contribution in [0.5, 0.6) is 0 Å². The van der Waals surface area contributed by atoms with Crippen molar-refractivity contribution in [1.82, 2.24) is 15.3 Å². The third kappa shape index (κ3) is 2.94. The van der Waals surface area contributed by atoms with Gasteiger partial charge >= 0.3 is 0 Å². The third-order valence-electron chi connectivity index (χ3n) is 3.48. The van der Waals surface area contributed by atoms with E-state index in [4.69, 9.17) is 0 Å². The van der Waals surface area contributed by atoms with Gasteiger partial charge in [0.2, 0.25) is 0 Å². The second kappa shape index (κ2) is 5.45. The molecule has 0 saturated heterocycles. The van der Waals surface area contributed by atoms with Crippen LogP contribution in [-0.4, -0.2) is 23.1 Å². The van der Waals surface area contributed by atoms with Crippen molar-refractivity contribution in [3.63, 3.8) is 0 Å². The van der Waals surface area contributed by atoms with E-state index in [1.54, 1.807) is 0 Å². The molecule has 0 aliphatic heterocycles. The number of nitrogens with zero attached hydrogens (tertiary/aromatic N) is 1. The zero-order chi connectivity index (χ0) is 12.3. The maximum absolute atomic E-state index is 12.0. The highest BCUT2D eigenvalue weighted by Crippen LogP contribution is 2.15. The van der Waals surface area contributed by atoms with Gasteiger partial charge in [-0.3, -0.25) is 4.79 Å². The van der Waals surface area contributed by atoms with Gasteiger partial charge < -0.3 is 10.3 Å². The Kier molecular flexibility index (Phi) is 3.94. The largest absolute Gasteiger partial charge is 0.317 e. The molecule has 0 radical (unpaired) electrons. The van der Waals surface area contributed by atoms with Gasteiger partial charge in [0.1, 0.15) is 5.82 Å². The fraction of sp³-hybridized carbons (Fsp3) is 0.692. The molecule has 1 aliphatic carbocycles. The fourth-order valence-electron chi connectivity index (χ4n) is 2.32. The van der Waals surface area contributed by atoms with Crippen LogP contribution in [0.3, 0.4) is 0 Å². The van der Waals surface area contributed by atoms with E-state index in [2.05, 4.69) is 22.2 Å². The van der Waals surface area contributed by atoms with Crippen molar-refractivity contribution in [2.75, 3.05) is 7.05 Å². The van der Waals surface area contributed by atoms with Crippen molar-refractivity contribution in [1.29, 1.82) is 0 Å². The molecule has 2 rings (SSSR count). The summed E-state index contributed by atoms with van der Waals surface area (Å²) in [5.74, 6) is 0.817. The molecule has 4 heteroatoms. The molecule has 17 heavy (non-hydrogen) atoms. The Labute approximate surface area is 102 Å². The molecule has 1 heterocycles. The zero-order valence-electron chi connectivity index (χ0n) is 10.7. The first-order valence-corrected chi connectivity index (χ1v) is 6.49. The third-order valence-corrected chi connectivity index (χ3v) is 3.48. The van der Waals surface area contributed by atoms with E-state index in [-0.39, 0.29) is 5.56 Å². The van der Waals surface area contributed by atoms with E-state index < -0.39 is 0 Å². The van der Waals surface area contributed by atoms with Crippen LogP contribution >= 0.6 is 0 Å². The molecule has 0 bridgehead atoms. The molecule has 0 spiro atoms. The standard InChI is InChI=1S/C13H21N3O/c1-9(14-2)8-12-15-11-7-5-3-4-6-10(11)13(17)16-12/h9,14H,3-8H2,1-2H3,(H,15,16,17). The van der Waals surface area contributed by atoms with Crippen LogP contribution in [0.4, 0.5) is 0 Å². The monoisotopic (exact) mass is 235 g/mol. The Morgan fingerprint density at radius 3 is 2.88 bits per heavy atom. The van der Waals surface area contributed by atoms with Crippen molar-refractivity contribution < 1.29 is 0 Å². The van der Waals surface area contributed by atoms with E-state index in [1.165, 1.54) is 6.42 Å². The lowest BCUT2D eigenvalue weighted by Gasteiger charge is -2.11. The first-order valence-electron chi connectivity index (χ1n) is 6.49. The van der Waals surface area contributed by atoms with Gasteiger partial charge in [0.05, 0.1) is 5.69 Å². The summed E-state index contributed by atoms with van der Waals surface area (Å²) >= 11 is 0. The molecule has 1 atom stereocenters. The average molecular weight is 235 g/mol. The van der Waals surface area contributed by atoms with E-state index >= 15 is 0 Å². The molecule has 0 amide bonds. The number of H-pyrrole nitrogens is 1. The van der Waals surface area contributed by atoms with Gasteiger partial charge in [-0.2, -0.15) is 0 Å². The number of hydrogen-bond donors (Lipinski definition) is 2. The van der Waals surface area contributed by atoms with Crippen LogP contribution in [0.1, 0.15) is 43.3 Å². The fourth-order valence-corrected chi connectivity index (χ4v) is 2.32. The number of aromatic amines is 1. The zero-order valence-corrected chi connectivity index (χ0v) is 10.7. The SMILES string of the molecule is CNC(C)Cc1nc2c(c(=O)[nH]1)CCCCC2. The lowest BCUT2D eigenvalue weighted by atomic mass is 10.1. The quantitative estimate of drug-likeness (QED) is 0.774. The Hall–Kier alpha value is -1.16. The summed E-state index contributed by atoms with van der Waals surface area (Å²) in [5.41, 5.74) is 2.03. The first kappa shape index (κ1) is 12.3. The second-order valence-corrected chi connectivity index (χ2v) is 4.89. The number of aromatic nitrogens is 2. The highest BCUT2D eigenvalue weighted by Gasteiger charge is 2.14. The van der Waals surface area contributed by atoms with E-state index in [1.807, 2.05) is 7.05 Å². The van der Waals surface area contributed by atoms with Crippen LogP contribution in [0.15, 0.2) is 4.79 Å². The van der Waals surface area contributed by atoms with Crippen LogP contribution in [0.2, 0.25) is 0 Å². The van der Waals surface area contributed by atoms with Gasteiger partial charge in [-0.05, 0) is 39.7 Å². The summed E-state index contributed by atoms with van der Waals surface area (Å²) in [4.78, 5) is 19.5. The van der Waals surface area contributed by atoms with Crippen LogP contribution in [-0.2, 0) is 19.3 Å². The van der Waals surface area contributed by atoms with Gasteiger partial charge in [-0.15, -0.1) is 0 Å². The summed E-state index contributed by atoms with van der Waals surface area (Å²) in [7, 11) is 1.92. The lowest BCUT2D eigenvalue weighted by Crippen LogP contribution is -2.27. The molecule has 0 aromatic carbocycles. The molecular formula is C13H21N3O. The lowest BCUT2D eigenvalue weighted by molar-refractivity contribution is 0.586. The second-order valence-electron chi connectivity index (χ2n) is 4.89. The van der Waals surface area contributed by atoms with Crippen molar-refractivity contribution in [2.45, 2.75) is 51.5 Å². The van der Waals surface area contributed by atoms with Gasteiger partial charge in [-0.25, -0.2) is 4.98 Å². The number of hydrogen-bond acceptors (Lipinski definition) is 3. The minimum Gasteiger partial charge on any atom is -0.317 e. The molecule has 2 N–H and O–H groups in total. The molecular weight excluding hydrogens is 214 g/mol. The predicted molar refractivity (Wildman–Crippen MR) is 68.3 cm³/mol. The van der Waals surface area contributed by atoms with E-state index in [0.717, 1.165) is 49.2 Å². The molecule has 0 saturated carbocycles. The molecule has 1 aliphatic rings. The smallest absolute Gasteiger partial charge is 0.254 e. The first-order chi connectivity index (χ1) is 8.20. The highest BCUT2D eigenvalue weighted by molar-refractivity contribution is 5.19. The topological polar surface area (TPSA) is 57.8 Å². The minimum absolute atomic E-state index is 0.0789. The van der Waals surface area contributed by atoms with Crippen molar-refractivity contribution >= 4 is 0 Å². The van der Waals surface area contributed by atoms with Gasteiger partial charge in [0.15, 0.2) is 0 Å². The summed E-state index contributed by atoms with van der Waals surface area (Å²) in [6.45, 7) is 2.09. The maximum atomic E-state index is 12.0. The summed E-state index contributed by atoms with van der Waals surface area (Å²) in [6.07, 6.45) is 6.10. The summed E-state index contributed by atoms with van der Waals surface area (Å²) in [6, 6.07) is 0.335. The van der Waals surface area contributed by atoms with Crippen LogP contribution < -0.4 is 10.9 Å². The van der Waals surface area contributed by atoms with Gasteiger partial charge in [0.25, 0.3) is 5.56 Å². The number of fused-ring (bicyclic) bond motifs is 1.